The van der Waals surface area contributed by atoms with Crippen LogP contribution in [0.25, 0.3) is 0 Å². The van der Waals surface area contributed by atoms with Gasteiger partial charge in [-0.1, -0.05) is 19.3 Å². The largest absolute Gasteiger partial charge is 0.455 e. The first-order chi connectivity index (χ1) is 15.4. The molecule has 1 aromatic carbocycles. The zero-order chi connectivity index (χ0) is 22.7. The summed E-state index contributed by atoms with van der Waals surface area (Å²) in [5, 5.41) is 18.2. The van der Waals surface area contributed by atoms with Gasteiger partial charge in [0.15, 0.2) is 5.76 Å². The monoisotopic (exact) mass is 438 g/mol. The highest BCUT2D eigenvalue weighted by molar-refractivity contribution is 6.07. The summed E-state index contributed by atoms with van der Waals surface area (Å²) in [6.45, 7) is 1.84. The summed E-state index contributed by atoms with van der Waals surface area (Å²) in [5.41, 5.74) is 4.90. The average Bonchev–Trinajstić information content (AvgIpc) is 3.15. The number of carbonyl (C=O) groups is 2. The summed E-state index contributed by atoms with van der Waals surface area (Å²) in [6, 6.07) is 5.51. The molecule has 0 radical (unpaired) electrons. The van der Waals surface area contributed by atoms with Crippen molar-refractivity contribution in [2.75, 3.05) is 0 Å². The summed E-state index contributed by atoms with van der Waals surface area (Å²) in [6.07, 6.45) is 7.62. The minimum absolute atomic E-state index is 0.0853. The molecule has 1 heterocycles. The van der Waals surface area contributed by atoms with Crippen LogP contribution < -0.4 is 10.7 Å². The summed E-state index contributed by atoms with van der Waals surface area (Å²) in [5.74, 6) is 0.372. The number of amides is 2. The quantitative estimate of drug-likeness (QED) is 0.538. The normalized spacial score (nSPS) is 17.6. The fraction of sp³-hybridized carbons (Fsp3) is 0.435. The summed E-state index contributed by atoms with van der Waals surface area (Å²) >= 11 is 0. The molecule has 2 aromatic rings. The Hall–Kier alpha value is -3.49. The molecule has 1 saturated carbocycles. The molecule has 1 aromatic heterocycles. The van der Waals surface area contributed by atoms with Crippen LogP contribution in [0.5, 0.6) is 0 Å². The van der Waals surface area contributed by atoms with Gasteiger partial charge in [0.2, 0.25) is 0 Å². The lowest BCUT2D eigenvalue weighted by Gasteiger charge is -2.22. The Morgan fingerprint density at radius 3 is 2.47 bits per heavy atom. The van der Waals surface area contributed by atoms with E-state index in [4.69, 9.17) is 4.42 Å². The Labute approximate surface area is 185 Å². The van der Waals surface area contributed by atoms with Crippen LogP contribution in [-0.2, 0) is 6.42 Å². The van der Waals surface area contributed by atoms with Crippen LogP contribution in [0.4, 0.5) is 5.69 Å². The smallest absolute Gasteiger partial charge is 0.287 e. The molecule has 0 unspecified atom stereocenters. The number of hydrogen-bond acceptors (Lipinski definition) is 6. The Morgan fingerprint density at radius 1 is 1.06 bits per heavy atom. The van der Waals surface area contributed by atoms with Crippen molar-refractivity contribution in [3.8, 4) is 0 Å². The molecule has 0 saturated heterocycles. The van der Waals surface area contributed by atoms with Crippen molar-refractivity contribution in [1.29, 1.82) is 0 Å². The van der Waals surface area contributed by atoms with Crippen molar-refractivity contribution >= 4 is 23.2 Å². The van der Waals surface area contributed by atoms with Crippen LogP contribution in [0.3, 0.4) is 0 Å². The molecule has 2 N–H and O–H groups in total. The Morgan fingerprint density at radius 2 is 1.78 bits per heavy atom. The van der Waals surface area contributed by atoms with Crippen molar-refractivity contribution in [3.63, 3.8) is 0 Å². The second-order valence-corrected chi connectivity index (χ2v) is 8.32. The van der Waals surface area contributed by atoms with E-state index >= 15 is 0 Å². The molecular formula is C23H26N4O5. The summed E-state index contributed by atoms with van der Waals surface area (Å²) < 4.78 is 5.93. The molecule has 0 bridgehead atoms. The van der Waals surface area contributed by atoms with E-state index < -0.39 is 10.8 Å². The van der Waals surface area contributed by atoms with Gasteiger partial charge in [0.05, 0.1) is 10.6 Å². The highest BCUT2D eigenvalue weighted by Gasteiger charge is 2.29. The van der Waals surface area contributed by atoms with Crippen molar-refractivity contribution in [1.82, 2.24) is 10.7 Å². The molecule has 0 atom stereocenters. The van der Waals surface area contributed by atoms with Crippen LogP contribution in [0.15, 0.2) is 33.8 Å². The molecule has 9 heteroatoms. The number of benzene rings is 1. The van der Waals surface area contributed by atoms with Gasteiger partial charge in [-0.2, -0.15) is 5.10 Å². The van der Waals surface area contributed by atoms with Crippen LogP contribution >= 0.6 is 0 Å². The lowest BCUT2D eigenvalue weighted by molar-refractivity contribution is -0.384. The van der Waals surface area contributed by atoms with Gasteiger partial charge in [0, 0.05) is 41.3 Å². The van der Waals surface area contributed by atoms with E-state index in [0.717, 1.165) is 43.2 Å². The van der Waals surface area contributed by atoms with Gasteiger partial charge in [-0.3, -0.25) is 19.7 Å². The number of nitro benzene ring substituents is 1. The van der Waals surface area contributed by atoms with E-state index in [1.54, 1.807) is 0 Å². The fourth-order valence-corrected chi connectivity index (χ4v) is 4.41. The van der Waals surface area contributed by atoms with Gasteiger partial charge in [-0.05, 0) is 44.7 Å². The number of fused-ring (bicyclic) bond motifs is 1. The predicted molar refractivity (Wildman–Crippen MR) is 118 cm³/mol. The predicted octanol–water partition coefficient (Wildman–Crippen LogP) is 4.03. The van der Waals surface area contributed by atoms with Crippen LogP contribution in [0.1, 0.15) is 82.7 Å². The molecule has 2 aliphatic rings. The molecule has 0 spiro atoms. The molecule has 0 aliphatic heterocycles. The van der Waals surface area contributed by atoms with Gasteiger partial charge in [0.1, 0.15) is 5.76 Å². The highest BCUT2D eigenvalue weighted by atomic mass is 16.6. The second kappa shape index (κ2) is 9.33. The molecular weight excluding hydrogens is 412 g/mol. The number of hydrogen-bond donors (Lipinski definition) is 2. The highest BCUT2D eigenvalue weighted by Crippen LogP contribution is 2.30. The number of carbonyl (C=O) groups excluding carboxylic acids is 2. The minimum Gasteiger partial charge on any atom is -0.455 e. The summed E-state index contributed by atoms with van der Waals surface area (Å²) in [7, 11) is 0. The van der Waals surface area contributed by atoms with Crippen molar-refractivity contribution in [3.05, 3.63) is 62.6 Å². The maximum absolute atomic E-state index is 12.8. The summed E-state index contributed by atoms with van der Waals surface area (Å²) in [4.78, 5) is 35.5. The maximum atomic E-state index is 12.8. The zero-order valence-electron chi connectivity index (χ0n) is 18.0. The van der Waals surface area contributed by atoms with Gasteiger partial charge in [-0.25, -0.2) is 5.43 Å². The number of nitrogens with one attached hydrogen (secondary N) is 2. The van der Waals surface area contributed by atoms with E-state index in [1.807, 2.05) is 6.92 Å². The third kappa shape index (κ3) is 4.56. The number of furan rings is 1. The average molecular weight is 438 g/mol. The number of non-ortho nitro benzene ring substituents is 1. The van der Waals surface area contributed by atoms with Gasteiger partial charge >= 0.3 is 0 Å². The van der Waals surface area contributed by atoms with Crippen LogP contribution in [-0.4, -0.2) is 28.5 Å². The molecule has 2 aliphatic carbocycles. The van der Waals surface area contributed by atoms with Crippen molar-refractivity contribution < 1.29 is 18.9 Å². The third-order valence-corrected chi connectivity index (χ3v) is 6.11. The molecule has 2 amide bonds. The van der Waals surface area contributed by atoms with Gasteiger partial charge in [-0.15, -0.1) is 0 Å². The van der Waals surface area contributed by atoms with Gasteiger partial charge < -0.3 is 9.73 Å². The SMILES string of the molecule is Cc1c(C(=O)NC2CCCCC2)oc2c1/C(=N/NC(=O)c1ccc([N+](=O)[O-])cc1)CCC2. The zero-order valence-corrected chi connectivity index (χ0v) is 18.0. The van der Waals surface area contributed by atoms with E-state index in [9.17, 15) is 19.7 Å². The second-order valence-electron chi connectivity index (χ2n) is 8.32. The molecule has 1 fully saturated rings. The molecule has 4 rings (SSSR count). The number of aryl methyl sites for hydroxylation is 1. The Bertz CT molecular complexity index is 1060. The Balaban J connectivity index is 1.50. The lowest BCUT2D eigenvalue weighted by atomic mass is 9.93. The standard InChI is InChI=1S/C23H26N4O5/c1-14-20-18(25-26-22(28)15-10-12-17(13-11-15)27(30)31)8-5-9-19(20)32-21(14)23(29)24-16-6-3-2-4-7-16/h10-13,16H,2-9H2,1H3,(H,24,29)(H,26,28)/b25-18+. The Kier molecular flexibility index (Phi) is 6.34. The maximum Gasteiger partial charge on any atom is 0.287 e. The van der Waals surface area contributed by atoms with Crippen LogP contribution in [0, 0.1) is 17.0 Å². The van der Waals surface area contributed by atoms with Crippen molar-refractivity contribution in [2.45, 2.75) is 64.3 Å². The number of hydrazone groups is 1. The number of nitro groups is 1. The molecule has 9 nitrogen and oxygen atoms in total. The fourth-order valence-electron chi connectivity index (χ4n) is 4.41. The first-order valence-corrected chi connectivity index (χ1v) is 11.0. The first-order valence-electron chi connectivity index (χ1n) is 11.0. The number of rotatable bonds is 5. The lowest BCUT2D eigenvalue weighted by Crippen LogP contribution is -2.36. The molecule has 32 heavy (non-hydrogen) atoms. The first kappa shape index (κ1) is 21.7. The minimum atomic E-state index is -0.519. The van der Waals surface area contributed by atoms with E-state index in [-0.39, 0.29) is 23.2 Å². The topological polar surface area (TPSA) is 127 Å². The van der Waals surface area contributed by atoms with E-state index in [2.05, 4.69) is 15.8 Å². The number of nitrogens with zero attached hydrogens (tertiary/aromatic N) is 2. The van der Waals surface area contributed by atoms with Crippen LogP contribution in [0.2, 0.25) is 0 Å². The molecule has 168 valence electrons. The third-order valence-electron chi connectivity index (χ3n) is 6.11. The van der Waals surface area contributed by atoms with Crippen molar-refractivity contribution in [2.24, 2.45) is 5.10 Å². The van der Waals surface area contributed by atoms with Gasteiger partial charge in [0.25, 0.3) is 17.5 Å². The van der Waals surface area contributed by atoms with E-state index in [1.165, 1.54) is 30.7 Å². The van der Waals surface area contributed by atoms with E-state index in [0.29, 0.717) is 30.1 Å².